The Labute approximate surface area is 277 Å². The molecule has 0 saturated heterocycles. The largest absolute Gasteiger partial charge is 0.378 e. The standard InChI is InChI=1S/C38H33FN4O3S/c1-43(2)30-21-17-26(18-22-30)25-34(42-36(44)28-13-7-4-8-14-28)37(45)40-29-19-23-31(24-20-29)47-35(27-11-5-3-6-12-27)38(46)41-33-16-10-9-15-32(33)39/h3-25,35H,1-2H3,(H,40,45)(H,41,46)(H,42,44)/b34-25-. The van der Waals surface area contributed by atoms with E-state index in [2.05, 4.69) is 16.0 Å². The molecule has 47 heavy (non-hydrogen) atoms. The Morgan fingerprint density at radius 2 is 1.34 bits per heavy atom. The van der Waals surface area contributed by atoms with Crippen molar-refractivity contribution >= 4 is 52.6 Å². The van der Waals surface area contributed by atoms with Crippen LogP contribution in [0.2, 0.25) is 0 Å². The molecule has 3 N–H and O–H groups in total. The van der Waals surface area contributed by atoms with Crippen molar-refractivity contribution in [2.24, 2.45) is 0 Å². The van der Waals surface area contributed by atoms with E-state index < -0.39 is 22.9 Å². The molecule has 5 rings (SSSR count). The molecule has 5 aromatic carbocycles. The Morgan fingerprint density at radius 1 is 0.723 bits per heavy atom. The van der Waals surface area contributed by atoms with Crippen LogP contribution in [0, 0.1) is 5.82 Å². The highest BCUT2D eigenvalue weighted by Gasteiger charge is 2.23. The van der Waals surface area contributed by atoms with E-state index in [0.29, 0.717) is 11.3 Å². The molecule has 0 aliphatic heterocycles. The van der Waals surface area contributed by atoms with E-state index in [0.717, 1.165) is 21.7 Å². The van der Waals surface area contributed by atoms with Crippen molar-refractivity contribution in [2.45, 2.75) is 10.1 Å². The van der Waals surface area contributed by atoms with Crippen LogP contribution in [0.4, 0.5) is 21.5 Å². The molecule has 0 spiro atoms. The monoisotopic (exact) mass is 644 g/mol. The Kier molecular flexibility index (Phi) is 10.8. The normalized spacial score (nSPS) is 11.7. The van der Waals surface area contributed by atoms with Crippen molar-refractivity contribution in [3.05, 3.63) is 162 Å². The minimum absolute atomic E-state index is 0.0730. The smallest absolute Gasteiger partial charge is 0.272 e. The highest BCUT2D eigenvalue weighted by atomic mass is 32.2. The summed E-state index contributed by atoms with van der Waals surface area (Å²) in [4.78, 5) is 42.6. The lowest BCUT2D eigenvalue weighted by atomic mass is 10.1. The first-order valence-electron chi connectivity index (χ1n) is 14.8. The van der Waals surface area contributed by atoms with Crippen LogP contribution in [0.25, 0.3) is 6.08 Å². The van der Waals surface area contributed by atoms with Gasteiger partial charge in [-0.05, 0) is 77.9 Å². The number of amides is 3. The molecular weight excluding hydrogens is 612 g/mol. The number of para-hydroxylation sites is 1. The lowest BCUT2D eigenvalue weighted by Gasteiger charge is -2.18. The summed E-state index contributed by atoms with van der Waals surface area (Å²) in [5.41, 5.74) is 3.58. The van der Waals surface area contributed by atoms with E-state index in [1.54, 1.807) is 66.7 Å². The fourth-order valence-electron chi connectivity index (χ4n) is 4.59. The second-order valence-electron chi connectivity index (χ2n) is 10.7. The van der Waals surface area contributed by atoms with E-state index in [1.165, 1.54) is 23.9 Å². The Morgan fingerprint density at radius 3 is 1.98 bits per heavy atom. The fraction of sp³-hybridized carbons (Fsp3) is 0.0789. The van der Waals surface area contributed by atoms with Gasteiger partial charge < -0.3 is 20.9 Å². The number of carbonyl (C=O) groups excluding carboxylic acids is 3. The maximum atomic E-state index is 14.3. The minimum Gasteiger partial charge on any atom is -0.378 e. The zero-order chi connectivity index (χ0) is 33.2. The van der Waals surface area contributed by atoms with Crippen LogP contribution in [0.5, 0.6) is 0 Å². The molecule has 0 aliphatic carbocycles. The average molecular weight is 645 g/mol. The molecule has 7 nitrogen and oxygen atoms in total. The lowest BCUT2D eigenvalue weighted by molar-refractivity contribution is -0.116. The molecule has 0 saturated carbocycles. The second kappa shape index (κ2) is 15.6. The summed E-state index contributed by atoms with van der Waals surface area (Å²) in [6.07, 6.45) is 1.62. The first-order chi connectivity index (χ1) is 22.8. The topological polar surface area (TPSA) is 90.5 Å². The number of benzene rings is 5. The molecule has 0 radical (unpaired) electrons. The predicted octanol–water partition coefficient (Wildman–Crippen LogP) is 7.77. The van der Waals surface area contributed by atoms with Crippen LogP contribution >= 0.6 is 11.8 Å². The third-order valence-corrected chi connectivity index (χ3v) is 8.35. The average Bonchev–Trinajstić information content (AvgIpc) is 3.09. The zero-order valence-corrected chi connectivity index (χ0v) is 26.6. The first kappa shape index (κ1) is 32.7. The molecule has 1 atom stereocenters. The minimum atomic E-state index is -0.669. The van der Waals surface area contributed by atoms with Gasteiger partial charge in [-0.2, -0.15) is 0 Å². The van der Waals surface area contributed by atoms with Gasteiger partial charge in [-0.3, -0.25) is 14.4 Å². The molecule has 0 aliphatic rings. The third kappa shape index (κ3) is 8.96. The summed E-state index contributed by atoms with van der Waals surface area (Å²) in [5.74, 6) is -1.80. The summed E-state index contributed by atoms with van der Waals surface area (Å²) >= 11 is 1.30. The van der Waals surface area contributed by atoms with Gasteiger partial charge in [0.15, 0.2) is 0 Å². The highest BCUT2D eigenvalue weighted by molar-refractivity contribution is 8.00. The highest BCUT2D eigenvalue weighted by Crippen LogP contribution is 2.37. The number of nitrogens with zero attached hydrogens (tertiary/aromatic N) is 1. The summed E-state index contributed by atoms with van der Waals surface area (Å²) in [5, 5.41) is 7.65. The maximum Gasteiger partial charge on any atom is 0.272 e. The van der Waals surface area contributed by atoms with Crippen molar-refractivity contribution in [3.8, 4) is 0 Å². The van der Waals surface area contributed by atoms with E-state index in [4.69, 9.17) is 0 Å². The summed E-state index contributed by atoms with van der Waals surface area (Å²) in [7, 11) is 3.88. The van der Waals surface area contributed by atoms with E-state index in [9.17, 15) is 18.8 Å². The van der Waals surface area contributed by atoms with Crippen molar-refractivity contribution in [2.75, 3.05) is 29.6 Å². The SMILES string of the molecule is CN(C)c1ccc(/C=C(\NC(=O)c2ccccc2)C(=O)Nc2ccc(SC(C(=O)Nc3ccccc3F)c3ccccc3)cc2)cc1. The van der Waals surface area contributed by atoms with Gasteiger partial charge in [-0.1, -0.05) is 72.8 Å². The van der Waals surface area contributed by atoms with E-state index in [1.807, 2.05) is 79.7 Å². The fourth-order valence-corrected chi connectivity index (χ4v) is 5.62. The molecule has 236 valence electrons. The number of hydrogen-bond acceptors (Lipinski definition) is 5. The van der Waals surface area contributed by atoms with Crippen LogP contribution in [-0.2, 0) is 9.59 Å². The molecule has 9 heteroatoms. The molecular formula is C38H33FN4O3S. The molecule has 3 amide bonds. The van der Waals surface area contributed by atoms with Gasteiger partial charge in [0.05, 0.1) is 5.69 Å². The van der Waals surface area contributed by atoms with Gasteiger partial charge in [0, 0.05) is 35.9 Å². The third-order valence-electron chi connectivity index (χ3n) is 7.09. The van der Waals surface area contributed by atoms with Crippen LogP contribution < -0.4 is 20.9 Å². The Bertz CT molecular complexity index is 1860. The number of nitrogens with one attached hydrogen (secondary N) is 3. The molecule has 0 aromatic heterocycles. The van der Waals surface area contributed by atoms with Gasteiger partial charge in [-0.25, -0.2) is 4.39 Å². The first-order valence-corrected chi connectivity index (χ1v) is 15.7. The molecule has 0 bridgehead atoms. The van der Waals surface area contributed by atoms with Crippen molar-refractivity contribution in [3.63, 3.8) is 0 Å². The van der Waals surface area contributed by atoms with E-state index in [-0.39, 0.29) is 17.3 Å². The number of rotatable bonds is 11. The van der Waals surface area contributed by atoms with Crippen LogP contribution in [0.15, 0.2) is 144 Å². The number of thioether (sulfide) groups is 1. The van der Waals surface area contributed by atoms with Crippen molar-refractivity contribution in [1.82, 2.24) is 5.32 Å². The summed E-state index contributed by atoms with van der Waals surface area (Å²) in [6, 6.07) is 38.6. The number of halogens is 1. The molecule has 1 unspecified atom stereocenters. The summed E-state index contributed by atoms with van der Waals surface area (Å²) < 4.78 is 14.3. The van der Waals surface area contributed by atoms with Crippen molar-refractivity contribution in [1.29, 1.82) is 0 Å². The van der Waals surface area contributed by atoms with Crippen molar-refractivity contribution < 1.29 is 18.8 Å². The maximum absolute atomic E-state index is 14.3. The lowest BCUT2D eigenvalue weighted by Crippen LogP contribution is -2.30. The van der Waals surface area contributed by atoms with Gasteiger partial charge >= 0.3 is 0 Å². The van der Waals surface area contributed by atoms with Gasteiger partial charge in [0.2, 0.25) is 5.91 Å². The number of hydrogen-bond donors (Lipinski definition) is 3. The van der Waals surface area contributed by atoms with Gasteiger partial charge in [-0.15, -0.1) is 11.8 Å². The molecule has 5 aromatic rings. The number of carbonyl (C=O) groups is 3. The zero-order valence-electron chi connectivity index (χ0n) is 25.8. The number of anilines is 3. The van der Waals surface area contributed by atoms with Crippen LogP contribution in [0.3, 0.4) is 0 Å². The van der Waals surface area contributed by atoms with Crippen LogP contribution in [-0.4, -0.2) is 31.8 Å². The van der Waals surface area contributed by atoms with Gasteiger partial charge in [0.25, 0.3) is 11.8 Å². The molecule has 0 heterocycles. The van der Waals surface area contributed by atoms with Gasteiger partial charge in [0.1, 0.15) is 16.8 Å². The Hall–Kier alpha value is -5.67. The van der Waals surface area contributed by atoms with Crippen LogP contribution in [0.1, 0.15) is 26.7 Å². The Balaban J connectivity index is 1.33. The second-order valence-corrected chi connectivity index (χ2v) is 11.9. The molecule has 0 fully saturated rings. The van der Waals surface area contributed by atoms with E-state index >= 15 is 0 Å². The predicted molar refractivity (Wildman–Crippen MR) is 188 cm³/mol. The summed E-state index contributed by atoms with van der Waals surface area (Å²) in [6.45, 7) is 0. The quantitative estimate of drug-likeness (QED) is 0.101.